The van der Waals surface area contributed by atoms with E-state index in [-0.39, 0.29) is 18.0 Å². The SMILES string of the molecule is CCCC(=O)NCC(=O)NNC(=O)c1ccc(F)cc1. The van der Waals surface area contributed by atoms with Gasteiger partial charge in [-0.3, -0.25) is 25.2 Å². The minimum Gasteiger partial charge on any atom is -0.347 e. The van der Waals surface area contributed by atoms with E-state index in [1.165, 1.54) is 12.1 Å². The van der Waals surface area contributed by atoms with Crippen molar-refractivity contribution in [1.29, 1.82) is 0 Å². The third-order valence-corrected chi connectivity index (χ3v) is 2.35. The molecular weight excluding hydrogens is 265 g/mol. The lowest BCUT2D eigenvalue weighted by molar-refractivity contribution is -0.126. The molecule has 20 heavy (non-hydrogen) atoms. The Labute approximate surface area is 115 Å². The summed E-state index contributed by atoms with van der Waals surface area (Å²) < 4.78 is 12.7. The predicted molar refractivity (Wildman–Crippen MR) is 69.9 cm³/mol. The average Bonchev–Trinajstić information content (AvgIpc) is 2.43. The monoisotopic (exact) mass is 281 g/mol. The average molecular weight is 281 g/mol. The molecule has 1 aromatic carbocycles. The summed E-state index contributed by atoms with van der Waals surface area (Å²) in [4.78, 5) is 34.0. The van der Waals surface area contributed by atoms with E-state index >= 15 is 0 Å². The highest BCUT2D eigenvalue weighted by molar-refractivity contribution is 5.95. The molecule has 0 aliphatic rings. The number of nitrogens with one attached hydrogen (secondary N) is 3. The van der Waals surface area contributed by atoms with Crippen molar-refractivity contribution < 1.29 is 18.8 Å². The summed E-state index contributed by atoms with van der Waals surface area (Å²) in [6.45, 7) is 1.63. The van der Waals surface area contributed by atoms with Crippen molar-refractivity contribution in [2.24, 2.45) is 0 Å². The van der Waals surface area contributed by atoms with Gasteiger partial charge in [0.05, 0.1) is 6.54 Å². The van der Waals surface area contributed by atoms with Gasteiger partial charge in [-0.1, -0.05) is 6.92 Å². The molecule has 0 spiro atoms. The number of halogens is 1. The van der Waals surface area contributed by atoms with Gasteiger partial charge < -0.3 is 5.32 Å². The van der Waals surface area contributed by atoms with Crippen LogP contribution in [-0.4, -0.2) is 24.3 Å². The van der Waals surface area contributed by atoms with Gasteiger partial charge in [0.25, 0.3) is 11.8 Å². The molecule has 1 aromatic rings. The largest absolute Gasteiger partial charge is 0.347 e. The Morgan fingerprint density at radius 3 is 2.30 bits per heavy atom. The smallest absolute Gasteiger partial charge is 0.269 e. The Morgan fingerprint density at radius 2 is 1.70 bits per heavy atom. The van der Waals surface area contributed by atoms with Crippen molar-refractivity contribution in [3.63, 3.8) is 0 Å². The highest BCUT2D eigenvalue weighted by Gasteiger charge is 2.08. The molecule has 3 amide bonds. The summed E-state index contributed by atoms with van der Waals surface area (Å²) in [5.74, 6) is -1.81. The minimum absolute atomic E-state index is 0.210. The zero-order chi connectivity index (χ0) is 15.0. The first kappa shape index (κ1) is 15.6. The van der Waals surface area contributed by atoms with Gasteiger partial charge in [0.2, 0.25) is 5.91 Å². The normalized spacial score (nSPS) is 9.70. The maximum Gasteiger partial charge on any atom is 0.269 e. The molecule has 1 rings (SSSR count). The van der Waals surface area contributed by atoms with E-state index in [9.17, 15) is 18.8 Å². The van der Waals surface area contributed by atoms with E-state index in [2.05, 4.69) is 16.2 Å². The minimum atomic E-state index is -0.571. The molecule has 0 bridgehead atoms. The van der Waals surface area contributed by atoms with Gasteiger partial charge in [-0.05, 0) is 30.7 Å². The summed E-state index contributed by atoms with van der Waals surface area (Å²) in [5.41, 5.74) is 4.52. The number of carbonyl (C=O) groups excluding carboxylic acids is 3. The first-order valence-corrected chi connectivity index (χ1v) is 6.14. The molecule has 0 saturated carbocycles. The van der Waals surface area contributed by atoms with Gasteiger partial charge >= 0.3 is 0 Å². The number of hydrogen-bond donors (Lipinski definition) is 3. The van der Waals surface area contributed by atoms with Gasteiger partial charge in [0.15, 0.2) is 0 Å². The molecule has 0 fully saturated rings. The van der Waals surface area contributed by atoms with Crippen molar-refractivity contribution in [1.82, 2.24) is 16.2 Å². The summed E-state index contributed by atoms with van der Waals surface area (Å²) in [6.07, 6.45) is 1.03. The van der Waals surface area contributed by atoms with Crippen molar-refractivity contribution in [3.05, 3.63) is 35.6 Å². The zero-order valence-electron chi connectivity index (χ0n) is 11.0. The first-order chi connectivity index (χ1) is 9.52. The topological polar surface area (TPSA) is 87.3 Å². The van der Waals surface area contributed by atoms with Crippen LogP contribution in [0.5, 0.6) is 0 Å². The molecular formula is C13H16FN3O3. The summed E-state index contributed by atoms with van der Waals surface area (Å²) in [5, 5.41) is 2.40. The summed E-state index contributed by atoms with van der Waals surface area (Å²) in [7, 11) is 0. The highest BCUT2D eigenvalue weighted by atomic mass is 19.1. The van der Waals surface area contributed by atoms with Crippen molar-refractivity contribution >= 4 is 17.7 Å². The van der Waals surface area contributed by atoms with E-state index in [0.29, 0.717) is 12.8 Å². The number of amides is 3. The van der Waals surface area contributed by atoms with E-state index < -0.39 is 17.6 Å². The number of hydrazine groups is 1. The van der Waals surface area contributed by atoms with Crippen LogP contribution in [0.3, 0.4) is 0 Å². The lowest BCUT2D eigenvalue weighted by atomic mass is 10.2. The van der Waals surface area contributed by atoms with Crippen LogP contribution >= 0.6 is 0 Å². The maximum absolute atomic E-state index is 12.7. The van der Waals surface area contributed by atoms with Crippen molar-refractivity contribution in [2.45, 2.75) is 19.8 Å². The standard InChI is InChI=1S/C13H16FN3O3/c1-2-3-11(18)15-8-12(19)16-17-13(20)9-4-6-10(14)7-5-9/h4-7H,2-3,8H2,1H3,(H,15,18)(H,16,19)(H,17,20). The molecule has 0 unspecified atom stereocenters. The van der Waals surface area contributed by atoms with Gasteiger partial charge in [-0.2, -0.15) is 0 Å². The van der Waals surface area contributed by atoms with Crippen LogP contribution in [0.15, 0.2) is 24.3 Å². The number of benzene rings is 1. The fourth-order valence-electron chi connectivity index (χ4n) is 1.34. The van der Waals surface area contributed by atoms with Gasteiger partial charge in [-0.15, -0.1) is 0 Å². The Hall–Kier alpha value is -2.44. The lowest BCUT2D eigenvalue weighted by Crippen LogP contribution is -2.46. The molecule has 0 aromatic heterocycles. The van der Waals surface area contributed by atoms with Crippen LogP contribution in [-0.2, 0) is 9.59 Å². The Balaban J connectivity index is 2.32. The Morgan fingerprint density at radius 1 is 1.05 bits per heavy atom. The summed E-state index contributed by atoms with van der Waals surface area (Å²) in [6, 6.07) is 4.86. The number of hydrogen-bond acceptors (Lipinski definition) is 3. The summed E-state index contributed by atoms with van der Waals surface area (Å²) >= 11 is 0. The second kappa shape index (κ2) is 7.88. The molecule has 3 N–H and O–H groups in total. The second-order valence-electron chi connectivity index (χ2n) is 4.04. The number of rotatable bonds is 5. The van der Waals surface area contributed by atoms with E-state index in [0.717, 1.165) is 12.1 Å². The maximum atomic E-state index is 12.7. The van der Waals surface area contributed by atoms with Crippen LogP contribution < -0.4 is 16.2 Å². The first-order valence-electron chi connectivity index (χ1n) is 6.14. The van der Waals surface area contributed by atoms with Gasteiger partial charge in [-0.25, -0.2) is 4.39 Å². The third-order valence-electron chi connectivity index (χ3n) is 2.35. The van der Waals surface area contributed by atoms with Crippen molar-refractivity contribution in [2.75, 3.05) is 6.54 Å². The van der Waals surface area contributed by atoms with Crippen LogP contribution in [0.2, 0.25) is 0 Å². The fraction of sp³-hybridized carbons (Fsp3) is 0.308. The molecule has 0 atom stereocenters. The van der Waals surface area contributed by atoms with Crippen molar-refractivity contribution in [3.8, 4) is 0 Å². The predicted octanol–water partition coefficient (Wildman–Crippen LogP) is 0.503. The van der Waals surface area contributed by atoms with Crippen LogP contribution in [0.1, 0.15) is 30.1 Å². The van der Waals surface area contributed by atoms with Gasteiger partial charge in [0, 0.05) is 12.0 Å². The molecule has 6 nitrogen and oxygen atoms in total. The van der Waals surface area contributed by atoms with Crippen LogP contribution in [0, 0.1) is 5.82 Å². The molecule has 0 saturated heterocycles. The molecule has 7 heteroatoms. The highest BCUT2D eigenvalue weighted by Crippen LogP contribution is 2.01. The third kappa shape index (κ3) is 5.47. The Kier molecular flexibility index (Phi) is 6.15. The molecule has 0 radical (unpaired) electrons. The molecule has 0 heterocycles. The van der Waals surface area contributed by atoms with Crippen LogP contribution in [0.25, 0.3) is 0 Å². The van der Waals surface area contributed by atoms with E-state index in [1.54, 1.807) is 0 Å². The molecule has 0 aliphatic heterocycles. The zero-order valence-corrected chi connectivity index (χ0v) is 11.0. The lowest BCUT2D eigenvalue weighted by Gasteiger charge is -2.08. The van der Waals surface area contributed by atoms with E-state index in [4.69, 9.17) is 0 Å². The fourth-order valence-corrected chi connectivity index (χ4v) is 1.34. The quantitative estimate of drug-likeness (QED) is 0.687. The molecule has 0 aliphatic carbocycles. The van der Waals surface area contributed by atoms with E-state index in [1.807, 2.05) is 6.92 Å². The number of carbonyl (C=O) groups is 3. The Bertz CT molecular complexity index is 488. The van der Waals surface area contributed by atoms with Gasteiger partial charge in [0.1, 0.15) is 5.82 Å². The molecule has 108 valence electrons. The second-order valence-corrected chi connectivity index (χ2v) is 4.04. The van der Waals surface area contributed by atoms with Crippen LogP contribution in [0.4, 0.5) is 4.39 Å².